The number of carbonyl (C=O) groups excluding carboxylic acids is 2. The number of nitrogens with zero attached hydrogens (tertiary/aromatic N) is 1. The zero-order valence-corrected chi connectivity index (χ0v) is 14.6. The molecule has 1 heterocycles. The van der Waals surface area contributed by atoms with Crippen molar-refractivity contribution in [3.05, 3.63) is 0 Å². The molecule has 0 aromatic carbocycles. The standard InChI is InChI=1S/C15H29N3O2.ClH/c1-10(2)9-13(14(19)16-5)18-8-6-7-12(18)15(20)17-11(3)4;/h10-13H,6-9H2,1-5H3,(H,16,19)(H,17,20);1H/t12-,13+;/m0./s1. The molecule has 6 heteroatoms. The largest absolute Gasteiger partial charge is 0.358 e. The molecular formula is C15H30ClN3O2. The number of carbonyl (C=O) groups is 2. The van der Waals surface area contributed by atoms with Crippen LogP contribution in [0.15, 0.2) is 0 Å². The molecule has 2 atom stereocenters. The Labute approximate surface area is 134 Å². The zero-order chi connectivity index (χ0) is 15.3. The lowest BCUT2D eigenvalue weighted by atomic mass is 10.0. The molecule has 1 aliphatic rings. The third-order valence-electron chi connectivity index (χ3n) is 3.67. The van der Waals surface area contributed by atoms with E-state index in [9.17, 15) is 9.59 Å². The van der Waals surface area contributed by atoms with E-state index < -0.39 is 0 Å². The van der Waals surface area contributed by atoms with Crippen LogP contribution in [0.1, 0.15) is 47.0 Å². The van der Waals surface area contributed by atoms with Gasteiger partial charge in [0.1, 0.15) is 0 Å². The minimum atomic E-state index is -0.203. The van der Waals surface area contributed by atoms with Crippen molar-refractivity contribution in [3.63, 3.8) is 0 Å². The molecule has 0 aliphatic carbocycles. The van der Waals surface area contributed by atoms with Gasteiger partial charge in [-0.25, -0.2) is 0 Å². The van der Waals surface area contributed by atoms with Crippen molar-refractivity contribution in [1.29, 1.82) is 0 Å². The lowest BCUT2D eigenvalue weighted by molar-refractivity contribution is -0.131. The van der Waals surface area contributed by atoms with Crippen molar-refractivity contribution in [2.24, 2.45) is 5.92 Å². The molecule has 0 aromatic rings. The van der Waals surface area contributed by atoms with E-state index in [2.05, 4.69) is 29.4 Å². The first-order valence-corrected chi connectivity index (χ1v) is 7.64. The fourth-order valence-electron chi connectivity index (χ4n) is 2.83. The summed E-state index contributed by atoms with van der Waals surface area (Å²) in [5, 5.41) is 5.70. The summed E-state index contributed by atoms with van der Waals surface area (Å²) in [7, 11) is 1.66. The van der Waals surface area contributed by atoms with Crippen LogP contribution >= 0.6 is 12.4 Å². The van der Waals surface area contributed by atoms with Crippen LogP contribution in [-0.2, 0) is 9.59 Å². The fourth-order valence-corrected chi connectivity index (χ4v) is 2.83. The van der Waals surface area contributed by atoms with Gasteiger partial charge in [-0.1, -0.05) is 13.8 Å². The van der Waals surface area contributed by atoms with Crippen LogP contribution in [0.5, 0.6) is 0 Å². The Kier molecular flexibility index (Phi) is 8.90. The third-order valence-corrected chi connectivity index (χ3v) is 3.67. The maximum atomic E-state index is 12.3. The predicted molar refractivity (Wildman–Crippen MR) is 87.6 cm³/mol. The highest BCUT2D eigenvalue weighted by atomic mass is 35.5. The fraction of sp³-hybridized carbons (Fsp3) is 0.867. The van der Waals surface area contributed by atoms with Crippen LogP contribution < -0.4 is 10.6 Å². The molecule has 1 saturated heterocycles. The molecule has 2 N–H and O–H groups in total. The second-order valence-electron chi connectivity index (χ2n) is 6.32. The van der Waals surface area contributed by atoms with E-state index >= 15 is 0 Å². The van der Waals surface area contributed by atoms with E-state index in [0.717, 1.165) is 25.8 Å². The van der Waals surface area contributed by atoms with Crippen molar-refractivity contribution in [1.82, 2.24) is 15.5 Å². The van der Waals surface area contributed by atoms with Gasteiger partial charge in [0.2, 0.25) is 11.8 Å². The quantitative estimate of drug-likeness (QED) is 0.781. The Hall–Kier alpha value is -0.810. The number of nitrogens with one attached hydrogen (secondary N) is 2. The SMILES string of the molecule is CNC(=O)[C@@H](CC(C)C)N1CCC[C@H]1C(=O)NC(C)C.Cl. The molecule has 5 nitrogen and oxygen atoms in total. The molecule has 0 spiro atoms. The molecule has 0 unspecified atom stereocenters. The van der Waals surface area contributed by atoms with Crippen molar-refractivity contribution >= 4 is 24.2 Å². The molecule has 21 heavy (non-hydrogen) atoms. The summed E-state index contributed by atoms with van der Waals surface area (Å²) in [5.74, 6) is 0.491. The lowest BCUT2D eigenvalue weighted by Gasteiger charge is -2.32. The van der Waals surface area contributed by atoms with Crippen molar-refractivity contribution in [3.8, 4) is 0 Å². The van der Waals surface area contributed by atoms with Gasteiger partial charge in [-0.3, -0.25) is 14.5 Å². The zero-order valence-electron chi connectivity index (χ0n) is 13.8. The second kappa shape index (κ2) is 9.26. The molecule has 0 saturated carbocycles. The van der Waals surface area contributed by atoms with Gasteiger partial charge in [0, 0.05) is 13.1 Å². The predicted octanol–water partition coefficient (Wildman–Crippen LogP) is 1.56. The monoisotopic (exact) mass is 319 g/mol. The minimum Gasteiger partial charge on any atom is -0.358 e. The minimum absolute atomic E-state index is 0. The van der Waals surface area contributed by atoms with Gasteiger partial charge in [0.25, 0.3) is 0 Å². The Morgan fingerprint density at radius 1 is 1.24 bits per heavy atom. The van der Waals surface area contributed by atoms with Crippen LogP contribution in [0.2, 0.25) is 0 Å². The van der Waals surface area contributed by atoms with Crippen LogP contribution in [0, 0.1) is 5.92 Å². The summed E-state index contributed by atoms with van der Waals surface area (Å²) in [6, 6.07) is -0.239. The summed E-state index contributed by atoms with van der Waals surface area (Å²) in [6.07, 6.45) is 2.59. The number of halogens is 1. The molecular weight excluding hydrogens is 290 g/mol. The molecule has 0 aromatic heterocycles. The van der Waals surface area contributed by atoms with Gasteiger partial charge in [0.15, 0.2) is 0 Å². The number of amides is 2. The third kappa shape index (κ3) is 5.83. The maximum absolute atomic E-state index is 12.3. The average Bonchev–Trinajstić information content (AvgIpc) is 2.82. The second-order valence-corrected chi connectivity index (χ2v) is 6.32. The van der Waals surface area contributed by atoms with Gasteiger partial charge in [-0.2, -0.15) is 0 Å². The van der Waals surface area contributed by atoms with Gasteiger partial charge in [0.05, 0.1) is 12.1 Å². The van der Waals surface area contributed by atoms with Crippen LogP contribution in [0.4, 0.5) is 0 Å². The molecule has 124 valence electrons. The normalized spacial score (nSPS) is 20.2. The molecule has 2 amide bonds. The summed E-state index contributed by atoms with van der Waals surface area (Å²) in [4.78, 5) is 26.5. The highest BCUT2D eigenvalue weighted by Gasteiger charge is 2.38. The topological polar surface area (TPSA) is 61.4 Å². The van der Waals surface area contributed by atoms with Crippen molar-refractivity contribution < 1.29 is 9.59 Å². The molecule has 0 radical (unpaired) electrons. The Morgan fingerprint density at radius 3 is 2.33 bits per heavy atom. The van der Waals surface area contributed by atoms with E-state index in [0.29, 0.717) is 5.92 Å². The van der Waals surface area contributed by atoms with E-state index in [1.54, 1.807) is 7.05 Å². The van der Waals surface area contributed by atoms with E-state index in [4.69, 9.17) is 0 Å². The van der Waals surface area contributed by atoms with Crippen LogP contribution in [-0.4, -0.2) is 48.4 Å². The molecule has 1 fully saturated rings. The summed E-state index contributed by atoms with van der Waals surface area (Å²) in [5.41, 5.74) is 0. The molecule has 1 rings (SSSR count). The number of likely N-dealkylation sites (tertiary alicyclic amines) is 1. The molecule has 1 aliphatic heterocycles. The van der Waals surface area contributed by atoms with Gasteiger partial charge < -0.3 is 10.6 Å². The Bertz CT molecular complexity index is 348. The smallest absolute Gasteiger partial charge is 0.237 e. The Morgan fingerprint density at radius 2 is 1.86 bits per heavy atom. The van der Waals surface area contributed by atoms with Crippen molar-refractivity contribution in [2.75, 3.05) is 13.6 Å². The first-order valence-electron chi connectivity index (χ1n) is 7.64. The number of hydrogen-bond acceptors (Lipinski definition) is 3. The summed E-state index contributed by atoms with van der Waals surface area (Å²) in [6.45, 7) is 8.95. The number of hydrogen-bond donors (Lipinski definition) is 2. The highest BCUT2D eigenvalue weighted by molar-refractivity contribution is 5.86. The summed E-state index contributed by atoms with van der Waals surface area (Å²) < 4.78 is 0. The summed E-state index contributed by atoms with van der Waals surface area (Å²) >= 11 is 0. The maximum Gasteiger partial charge on any atom is 0.237 e. The number of rotatable bonds is 6. The first-order chi connectivity index (χ1) is 9.36. The molecule has 0 bridgehead atoms. The average molecular weight is 320 g/mol. The van der Waals surface area contributed by atoms with Crippen LogP contribution in [0.3, 0.4) is 0 Å². The number of likely N-dealkylation sites (N-methyl/N-ethyl adjacent to an activating group) is 1. The van der Waals surface area contributed by atoms with Gasteiger partial charge >= 0.3 is 0 Å². The van der Waals surface area contributed by atoms with E-state index in [-0.39, 0.29) is 42.3 Å². The first kappa shape index (κ1) is 20.2. The van der Waals surface area contributed by atoms with E-state index in [1.807, 2.05) is 13.8 Å². The lowest BCUT2D eigenvalue weighted by Crippen LogP contribution is -2.54. The van der Waals surface area contributed by atoms with Gasteiger partial charge in [-0.05, 0) is 45.6 Å². The Balaban J connectivity index is 0.00000400. The van der Waals surface area contributed by atoms with Crippen molar-refractivity contribution in [2.45, 2.75) is 65.1 Å². The van der Waals surface area contributed by atoms with Crippen LogP contribution in [0.25, 0.3) is 0 Å². The van der Waals surface area contributed by atoms with Gasteiger partial charge in [-0.15, -0.1) is 12.4 Å². The van der Waals surface area contributed by atoms with E-state index in [1.165, 1.54) is 0 Å². The highest BCUT2D eigenvalue weighted by Crippen LogP contribution is 2.24.